The first kappa shape index (κ1) is 32.0. The van der Waals surface area contributed by atoms with Gasteiger partial charge in [-0.15, -0.1) is 0 Å². The Labute approximate surface area is 272 Å². The van der Waals surface area contributed by atoms with E-state index in [2.05, 4.69) is 27.2 Å². The van der Waals surface area contributed by atoms with E-state index < -0.39 is 12.1 Å². The number of hydrogen-bond acceptors (Lipinski definition) is 8. The third-order valence-corrected chi connectivity index (χ3v) is 8.39. The summed E-state index contributed by atoms with van der Waals surface area (Å²) >= 11 is 0. The van der Waals surface area contributed by atoms with E-state index in [1.807, 2.05) is 79.2 Å². The number of carboxylic acid groups (broad SMARTS) is 1. The Bertz CT molecular complexity index is 2000. The Morgan fingerprint density at radius 1 is 1.02 bits per heavy atom. The molecule has 12 nitrogen and oxygen atoms in total. The van der Waals surface area contributed by atoms with Crippen molar-refractivity contribution < 1.29 is 32.6 Å². The van der Waals surface area contributed by atoms with Crippen LogP contribution in [0.4, 0.5) is 23.8 Å². The van der Waals surface area contributed by atoms with Gasteiger partial charge in [0, 0.05) is 67.5 Å². The molecule has 2 fully saturated rings. The van der Waals surface area contributed by atoms with Gasteiger partial charge < -0.3 is 14.7 Å². The number of fused-ring (bicyclic) bond motifs is 1. The molecular weight excluding hydrogens is 629 g/mol. The number of alkyl halides is 3. The van der Waals surface area contributed by atoms with Crippen molar-refractivity contribution in [2.24, 2.45) is 7.05 Å². The van der Waals surface area contributed by atoms with Gasteiger partial charge in [-0.2, -0.15) is 28.6 Å². The second-order valence-electron chi connectivity index (χ2n) is 11.6. The van der Waals surface area contributed by atoms with Gasteiger partial charge in [0.1, 0.15) is 18.5 Å². The highest BCUT2D eigenvalue weighted by Crippen LogP contribution is 2.40. The van der Waals surface area contributed by atoms with Crippen LogP contribution >= 0.6 is 0 Å². The summed E-state index contributed by atoms with van der Waals surface area (Å²) < 4.78 is 40.9. The number of aromatic nitrogens is 5. The quantitative estimate of drug-likeness (QED) is 0.267. The molecule has 7 rings (SSSR count). The molecule has 1 N–H and O–H groups in total. The minimum absolute atomic E-state index is 0.211. The molecule has 0 saturated carbocycles. The Hall–Kier alpha value is -5.91. The maximum Gasteiger partial charge on any atom is 0.490 e. The van der Waals surface area contributed by atoms with E-state index in [1.165, 1.54) is 0 Å². The van der Waals surface area contributed by atoms with Crippen LogP contribution in [0, 0.1) is 11.3 Å². The van der Waals surface area contributed by atoms with Crippen LogP contribution in [-0.4, -0.2) is 77.8 Å². The lowest BCUT2D eigenvalue weighted by atomic mass is 9.87. The SMILES string of the molecule is Cn1cc(-c2cc(-c3ccc(N4CC5(CCCN5C(=O)OCc5ccccc5)C4)nc3)c3c(C#N)cnn3c2)cn1.O=C(O)C(F)(F)F. The van der Waals surface area contributed by atoms with Gasteiger partial charge in [-0.3, -0.25) is 9.58 Å². The molecule has 2 aliphatic heterocycles. The number of anilines is 1. The number of halogens is 3. The number of nitrogens with zero attached hydrogens (tertiary/aromatic N) is 8. The molecule has 0 bridgehead atoms. The maximum absolute atomic E-state index is 13.0. The highest BCUT2D eigenvalue weighted by molar-refractivity contribution is 5.87. The van der Waals surface area contributed by atoms with Gasteiger partial charge in [-0.05, 0) is 36.6 Å². The Morgan fingerprint density at radius 2 is 1.77 bits per heavy atom. The van der Waals surface area contributed by atoms with E-state index in [0.717, 1.165) is 65.1 Å². The van der Waals surface area contributed by atoms with Crippen molar-refractivity contribution in [1.29, 1.82) is 5.26 Å². The predicted molar refractivity (Wildman–Crippen MR) is 167 cm³/mol. The third kappa shape index (κ3) is 6.37. The van der Waals surface area contributed by atoms with Crippen LogP contribution in [0.25, 0.3) is 27.8 Å². The van der Waals surface area contributed by atoms with Crippen molar-refractivity contribution in [3.8, 4) is 28.3 Å². The number of carbonyl (C=O) groups is 2. The van der Waals surface area contributed by atoms with Crippen LogP contribution in [0.15, 0.2) is 79.5 Å². The van der Waals surface area contributed by atoms with Crippen molar-refractivity contribution in [3.05, 3.63) is 90.6 Å². The average molecular weight is 659 g/mol. The molecule has 1 spiro atoms. The largest absolute Gasteiger partial charge is 0.490 e. The smallest absolute Gasteiger partial charge is 0.475 e. The molecule has 5 aromatic rings. The fourth-order valence-electron chi connectivity index (χ4n) is 6.06. The molecule has 2 saturated heterocycles. The first-order chi connectivity index (χ1) is 23.0. The molecule has 0 radical (unpaired) electrons. The monoisotopic (exact) mass is 658 g/mol. The lowest BCUT2D eigenvalue weighted by Gasteiger charge is -2.52. The molecule has 1 amide bonds. The van der Waals surface area contributed by atoms with E-state index >= 15 is 0 Å². The first-order valence-electron chi connectivity index (χ1n) is 14.9. The summed E-state index contributed by atoms with van der Waals surface area (Å²) in [6.45, 7) is 2.44. The number of carboxylic acids is 1. The summed E-state index contributed by atoms with van der Waals surface area (Å²) in [4.78, 5) is 30.8. The number of carbonyl (C=O) groups excluding carboxylic acids is 1. The number of nitriles is 1. The summed E-state index contributed by atoms with van der Waals surface area (Å²) in [5.41, 5.74) is 5.70. The van der Waals surface area contributed by atoms with Crippen LogP contribution in [0.2, 0.25) is 0 Å². The molecule has 1 aromatic carbocycles. The van der Waals surface area contributed by atoms with E-state index in [-0.39, 0.29) is 18.2 Å². The number of aryl methyl sites for hydroxylation is 1. The number of pyridine rings is 2. The van der Waals surface area contributed by atoms with Gasteiger partial charge in [0.25, 0.3) is 0 Å². The highest BCUT2D eigenvalue weighted by Gasteiger charge is 2.53. The van der Waals surface area contributed by atoms with Gasteiger partial charge >= 0.3 is 18.2 Å². The number of likely N-dealkylation sites (tertiary alicyclic amines) is 1. The molecule has 0 atom stereocenters. The third-order valence-electron chi connectivity index (χ3n) is 8.39. The molecule has 0 aliphatic carbocycles. The van der Waals surface area contributed by atoms with Gasteiger partial charge in [-0.1, -0.05) is 30.3 Å². The highest BCUT2D eigenvalue weighted by atomic mass is 19.4. The number of hydrogen-bond donors (Lipinski definition) is 1. The van der Waals surface area contributed by atoms with Crippen LogP contribution < -0.4 is 4.90 Å². The first-order valence-corrected chi connectivity index (χ1v) is 14.9. The van der Waals surface area contributed by atoms with Gasteiger partial charge in [-0.25, -0.2) is 19.1 Å². The number of rotatable bonds is 5. The van der Waals surface area contributed by atoms with Crippen LogP contribution in [0.1, 0.15) is 24.0 Å². The van der Waals surface area contributed by atoms with E-state index in [0.29, 0.717) is 12.1 Å². The van der Waals surface area contributed by atoms with Crippen molar-refractivity contribution in [2.75, 3.05) is 24.5 Å². The molecule has 48 heavy (non-hydrogen) atoms. The minimum Gasteiger partial charge on any atom is -0.475 e. The fraction of sp³-hybridized carbons (Fsp3) is 0.273. The summed E-state index contributed by atoms with van der Waals surface area (Å²) in [6, 6.07) is 18.1. The second kappa shape index (κ2) is 12.7. The zero-order valence-corrected chi connectivity index (χ0v) is 25.6. The average Bonchev–Trinajstić information content (AvgIpc) is 3.81. The lowest BCUT2D eigenvalue weighted by molar-refractivity contribution is -0.192. The number of ether oxygens (including phenoxy) is 1. The molecule has 15 heteroatoms. The fourth-order valence-corrected chi connectivity index (χ4v) is 6.06. The van der Waals surface area contributed by atoms with Gasteiger partial charge in [0.15, 0.2) is 0 Å². The van der Waals surface area contributed by atoms with E-state index in [9.17, 15) is 23.2 Å². The standard InChI is InChI=1S/C31H28N8O2.C2HF3O2/c1-36-17-26(16-34-36)24-12-27(29-25(13-32)15-35-39(29)18-24)23-8-9-28(33-14-23)37-20-31(21-37)10-5-11-38(31)30(40)41-19-22-6-3-2-4-7-22;3-2(4,5)1(6)7/h2-4,6-9,12,14-18H,5,10-11,19-21H2,1H3;(H,6,7). The second-order valence-corrected chi connectivity index (χ2v) is 11.6. The van der Waals surface area contributed by atoms with Crippen LogP contribution in [0.3, 0.4) is 0 Å². The number of benzene rings is 1. The zero-order chi connectivity index (χ0) is 34.1. The zero-order valence-electron chi connectivity index (χ0n) is 25.6. The molecule has 246 valence electrons. The summed E-state index contributed by atoms with van der Waals surface area (Å²) in [6.07, 6.45) is 5.70. The van der Waals surface area contributed by atoms with Crippen molar-refractivity contribution in [2.45, 2.75) is 31.2 Å². The summed E-state index contributed by atoms with van der Waals surface area (Å²) in [7, 11) is 1.88. The lowest BCUT2D eigenvalue weighted by Crippen LogP contribution is -2.69. The molecule has 2 aliphatic rings. The van der Waals surface area contributed by atoms with E-state index in [4.69, 9.17) is 19.6 Å². The molecule has 6 heterocycles. The topological polar surface area (TPSA) is 142 Å². The molecule has 4 aromatic heterocycles. The minimum atomic E-state index is -5.08. The van der Waals surface area contributed by atoms with Gasteiger partial charge in [0.2, 0.25) is 0 Å². The Balaban J connectivity index is 0.000000519. The Morgan fingerprint density at radius 3 is 2.40 bits per heavy atom. The van der Waals surface area contributed by atoms with Crippen molar-refractivity contribution >= 4 is 23.4 Å². The summed E-state index contributed by atoms with van der Waals surface area (Å²) in [5.74, 6) is -1.90. The number of aliphatic carboxylic acids is 1. The molecular formula is C33H29F3N8O4. The van der Waals surface area contributed by atoms with Crippen molar-refractivity contribution in [1.82, 2.24) is 29.3 Å². The van der Waals surface area contributed by atoms with Crippen molar-refractivity contribution in [3.63, 3.8) is 0 Å². The van der Waals surface area contributed by atoms with Crippen LogP contribution in [-0.2, 0) is 23.2 Å². The van der Waals surface area contributed by atoms with E-state index in [1.54, 1.807) is 15.4 Å². The van der Waals surface area contributed by atoms with Gasteiger partial charge in [0.05, 0.1) is 29.0 Å². The Kier molecular flexibility index (Phi) is 8.48. The number of amides is 1. The molecule has 0 unspecified atom stereocenters. The predicted octanol–water partition coefficient (Wildman–Crippen LogP) is 5.29. The normalized spacial score (nSPS) is 15.1. The summed E-state index contributed by atoms with van der Waals surface area (Å²) in [5, 5.41) is 25.6. The van der Waals surface area contributed by atoms with Crippen LogP contribution in [0.5, 0.6) is 0 Å². The maximum atomic E-state index is 13.0.